The highest BCUT2D eigenvalue weighted by Crippen LogP contribution is 2.45. The van der Waals surface area contributed by atoms with E-state index in [4.69, 9.17) is 9.47 Å². The number of carbonyl (C=O) groups excluding carboxylic acids is 2. The first-order chi connectivity index (χ1) is 18.2. The fourth-order valence-electron chi connectivity index (χ4n) is 4.65. The number of thiazole rings is 1. The number of fused-ring (bicyclic) bond motifs is 1. The van der Waals surface area contributed by atoms with E-state index >= 15 is 0 Å². The van der Waals surface area contributed by atoms with Gasteiger partial charge in [-0.1, -0.05) is 29.5 Å². The van der Waals surface area contributed by atoms with Crippen LogP contribution in [0.25, 0.3) is 16.0 Å². The van der Waals surface area contributed by atoms with Gasteiger partial charge in [0.05, 0.1) is 35.0 Å². The van der Waals surface area contributed by atoms with Crippen molar-refractivity contribution < 1.29 is 24.2 Å². The van der Waals surface area contributed by atoms with Crippen LogP contribution in [0.4, 0.5) is 5.13 Å². The molecular formula is C30H28N2O5S. The van der Waals surface area contributed by atoms with Crippen LogP contribution in [0, 0.1) is 13.8 Å². The topological polar surface area (TPSA) is 89.0 Å². The maximum atomic E-state index is 13.5. The molecule has 1 aromatic heterocycles. The van der Waals surface area contributed by atoms with Crippen molar-refractivity contribution in [3.05, 3.63) is 88.5 Å². The van der Waals surface area contributed by atoms with Crippen molar-refractivity contribution in [1.29, 1.82) is 0 Å². The highest BCUT2D eigenvalue weighted by Gasteiger charge is 2.48. The normalized spacial score (nSPS) is 17.0. The Morgan fingerprint density at radius 2 is 1.76 bits per heavy atom. The lowest BCUT2D eigenvalue weighted by atomic mass is 9.95. The Labute approximate surface area is 225 Å². The third-order valence-corrected chi connectivity index (χ3v) is 7.44. The zero-order chi connectivity index (χ0) is 27.1. The molecule has 8 heteroatoms. The maximum absolute atomic E-state index is 13.5. The van der Waals surface area contributed by atoms with Crippen LogP contribution in [0.5, 0.6) is 11.5 Å². The van der Waals surface area contributed by atoms with Gasteiger partial charge in [0.2, 0.25) is 0 Å². The Kier molecular flexibility index (Phi) is 6.67. The number of carbonyl (C=O) groups is 2. The molecule has 1 atom stereocenters. The number of methoxy groups -OCH3 is 1. The van der Waals surface area contributed by atoms with Crippen molar-refractivity contribution in [1.82, 2.24) is 4.98 Å². The highest BCUT2D eigenvalue weighted by atomic mass is 32.1. The van der Waals surface area contributed by atoms with Gasteiger partial charge in [-0.2, -0.15) is 0 Å². The molecule has 194 valence electrons. The summed E-state index contributed by atoms with van der Waals surface area (Å²) >= 11 is 1.34. The number of aliphatic hydroxyl groups excluding tert-OH is 1. The van der Waals surface area contributed by atoms with Crippen LogP contribution in [-0.2, 0) is 9.59 Å². The number of aliphatic hydroxyl groups is 1. The summed E-state index contributed by atoms with van der Waals surface area (Å²) in [5.74, 6) is -0.425. The van der Waals surface area contributed by atoms with Gasteiger partial charge in [-0.05, 0) is 86.8 Å². The molecule has 0 saturated carbocycles. The number of amides is 1. The Bertz CT molecular complexity index is 1590. The minimum Gasteiger partial charge on any atom is -0.507 e. The SMILES string of the molecule is COc1ccc(C(O)=C2C(=O)C(=O)N(c3nc4ccc(C)cc4s3)[C@H]2c2ccc(OC(C)C)cc2)cc1C. The summed E-state index contributed by atoms with van der Waals surface area (Å²) in [4.78, 5) is 33.1. The molecule has 1 aliphatic rings. The summed E-state index contributed by atoms with van der Waals surface area (Å²) in [7, 11) is 1.57. The molecule has 1 aliphatic heterocycles. The van der Waals surface area contributed by atoms with Crippen LogP contribution in [0.15, 0.2) is 66.2 Å². The van der Waals surface area contributed by atoms with E-state index in [2.05, 4.69) is 4.98 Å². The number of aryl methyl sites for hydroxylation is 2. The van der Waals surface area contributed by atoms with E-state index in [0.717, 1.165) is 21.3 Å². The molecule has 7 nitrogen and oxygen atoms in total. The van der Waals surface area contributed by atoms with E-state index < -0.39 is 17.7 Å². The molecule has 0 bridgehead atoms. The minimum absolute atomic E-state index is 0.00370. The van der Waals surface area contributed by atoms with Crippen LogP contribution in [0.1, 0.15) is 42.1 Å². The second kappa shape index (κ2) is 9.95. The van der Waals surface area contributed by atoms with E-state index in [1.807, 2.05) is 58.0 Å². The molecule has 1 N–H and O–H groups in total. The molecule has 0 radical (unpaired) electrons. The van der Waals surface area contributed by atoms with E-state index in [1.165, 1.54) is 16.2 Å². The highest BCUT2D eigenvalue weighted by molar-refractivity contribution is 7.22. The van der Waals surface area contributed by atoms with Gasteiger partial charge in [0.25, 0.3) is 5.78 Å². The molecule has 0 aliphatic carbocycles. The molecule has 1 saturated heterocycles. The molecule has 3 aromatic carbocycles. The number of hydrogen-bond donors (Lipinski definition) is 1. The fraction of sp³-hybridized carbons (Fsp3) is 0.233. The fourth-order valence-corrected chi connectivity index (χ4v) is 5.74. The molecule has 5 rings (SSSR count). The average Bonchev–Trinajstić information content (AvgIpc) is 3.41. The smallest absolute Gasteiger partial charge is 0.301 e. The van der Waals surface area contributed by atoms with Crippen molar-refractivity contribution in [2.45, 2.75) is 39.8 Å². The third-order valence-electron chi connectivity index (χ3n) is 6.42. The van der Waals surface area contributed by atoms with Gasteiger partial charge >= 0.3 is 5.91 Å². The summed E-state index contributed by atoms with van der Waals surface area (Å²) in [5, 5.41) is 11.8. The van der Waals surface area contributed by atoms with Gasteiger partial charge in [0, 0.05) is 5.56 Å². The summed E-state index contributed by atoms with van der Waals surface area (Å²) in [6.45, 7) is 7.72. The number of ketones is 1. The molecule has 0 unspecified atom stereocenters. The lowest BCUT2D eigenvalue weighted by Crippen LogP contribution is -2.29. The summed E-state index contributed by atoms with van der Waals surface area (Å²) < 4.78 is 12.0. The zero-order valence-corrected chi connectivity index (χ0v) is 22.6. The first-order valence-electron chi connectivity index (χ1n) is 12.3. The predicted octanol–water partition coefficient (Wildman–Crippen LogP) is 6.34. The largest absolute Gasteiger partial charge is 0.507 e. The van der Waals surface area contributed by atoms with E-state index in [9.17, 15) is 14.7 Å². The van der Waals surface area contributed by atoms with Crippen molar-refractivity contribution >= 4 is 44.1 Å². The van der Waals surface area contributed by atoms with E-state index in [-0.39, 0.29) is 17.4 Å². The second-order valence-electron chi connectivity index (χ2n) is 9.56. The number of ether oxygens (including phenoxy) is 2. The Hall–Kier alpha value is -4.17. The van der Waals surface area contributed by atoms with E-state index in [1.54, 1.807) is 37.4 Å². The number of hydrogen-bond acceptors (Lipinski definition) is 7. The van der Waals surface area contributed by atoms with Crippen LogP contribution in [-0.4, -0.2) is 35.0 Å². The maximum Gasteiger partial charge on any atom is 0.301 e. The van der Waals surface area contributed by atoms with Crippen molar-refractivity contribution in [2.24, 2.45) is 0 Å². The van der Waals surface area contributed by atoms with Crippen molar-refractivity contribution in [2.75, 3.05) is 12.0 Å². The lowest BCUT2D eigenvalue weighted by molar-refractivity contribution is -0.132. The number of aromatic nitrogens is 1. The van der Waals surface area contributed by atoms with Crippen molar-refractivity contribution in [3.8, 4) is 11.5 Å². The van der Waals surface area contributed by atoms with Gasteiger partial charge in [-0.3, -0.25) is 14.5 Å². The quantitative estimate of drug-likeness (QED) is 0.179. The average molecular weight is 529 g/mol. The van der Waals surface area contributed by atoms with E-state index in [0.29, 0.717) is 27.8 Å². The second-order valence-corrected chi connectivity index (χ2v) is 10.6. The molecule has 38 heavy (non-hydrogen) atoms. The van der Waals surface area contributed by atoms with Gasteiger partial charge < -0.3 is 14.6 Å². The number of benzene rings is 3. The number of rotatable bonds is 6. The first kappa shape index (κ1) is 25.5. The van der Waals surface area contributed by atoms with Crippen LogP contribution in [0.3, 0.4) is 0 Å². The van der Waals surface area contributed by atoms with Crippen LogP contribution in [0.2, 0.25) is 0 Å². The molecule has 1 fully saturated rings. The zero-order valence-electron chi connectivity index (χ0n) is 21.8. The first-order valence-corrected chi connectivity index (χ1v) is 13.1. The lowest BCUT2D eigenvalue weighted by Gasteiger charge is -2.23. The minimum atomic E-state index is -0.868. The molecule has 2 heterocycles. The van der Waals surface area contributed by atoms with Gasteiger partial charge in [0.15, 0.2) is 5.13 Å². The standard InChI is InChI=1S/C30H28N2O5S/c1-16(2)37-21-10-7-19(8-11-21)26-25(27(33)20-9-13-23(36-5)18(4)15-20)28(34)29(35)32(26)30-31-22-12-6-17(3)14-24(22)38-30/h6-16,26,33H,1-5H3/t26-/m0/s1. The van der Waals surface area contributed by atoms with Crippen molar-refractivity contribution in [3.63, 3.8) is 0 Å². The molecule has 1 amide bonds. The van der Waals surface area contributed by atoms with Gasteiger partial charge in [-0.15, -0.1) is 0 Å². The Morgan fingerprint density at radius 3 is 2.42 bits per heavy atom. The predicted molar refractivity (Wildman–Crippen MR) is 149 cm³/mol. The number of anilines is 1. The Morgan fingerprint density at radius 1 is 1.03 bits per heavy atom. The van der Waals surface area contributed by atoms with Crippen LogP contribution >= 0.6 is 11.3 Å². The monoisotopic (exact) mass is 528 g/mol. The molecule has 0 spiro atoms. The third kappa shape index (κ3) is 4.52. The number of Topliss-reactive ketones (excluding diaryl/α,β-unsaturated/α-hetero) is 1. The Balaban J connectivity index is 1.69. The number of nitrogens with zero attached hydrogens (tertiary/aromatic N) is 2. The van der Waals surface area contributed by atoms with Gasteiger partial charge in [-0.25, -0.2) is 4.98 Å². The summed E-state index contributed by atoms with van der Waals surface area (Å²) in [6, 6.07) is 17.3. The molecule has 4 aromatic rings. The summed E-state index contributed by atoms with van der Waals surface area (Å²) in [6.07, 6.45) is -0.00370. The molecular weight excluding hydrogens is 500 g/mol. The van der Waals surface area contributed by atoms with Crippen LogP contribution < -0.4 is 14.4 Å². The summed E-state index contributed by atoms with van der Waals surface area (Å²) in [5.41, 5.74) is 3.68. The van der Waals surface area contributed by atoms with Gasteiger partial charge in [0.1, 0.15) is 17.3 Å².